The number of ketones is 1. The van der Waals surface area contributed by atoms with Gasteiger partial charge >= 0.3 is 13.9 Å². The molecule has 2 aromatic heterocycles. The molecule has 0 radical (unpaired) electrons. The van der Waals surface area contributed by atoms with Gasteiger partial charge in [0.15, 0.2) is 5.01 Å². The number of nitrogens with zero attached hydrogens (tertiary/aromatic N) is 2. The van der Waals surface area contributed by atoms with Gasteiger partial charge in [-0.05, 0) is 42.3 Å². The predicted octanol–water partition coefficient (Wildman–Crippen LogP) is 4.57. The van der Waals surface area contributed by atoms with Gasteiger partial charge in [-0.3, -0.25) is 19.1 Å². The maximum atomic E-state index is 14.0. The Kier molecular flexibility index (Phi) is 7.34. The summed E-state index contributed by atoms with van der Waals surface area (Å²) in [6.07, 6.45) is 0.0108. The lowest BCUT2D eigenvalue weighted by Crippen LogP contribution is -2.13. The van der Waals surface area contributed by atoms with Gasteiger partial charge in [-0.1, -0.05) is 19.1 Å². The summed E-state index contributed by atoms with van der Waals surface area (Å²) in [5.74, 6) is -1.17. The first kappa shape index (κ1) is 25.7. The molecule has 13 heteroatoms. The Morgan fingerprint density at radius 3 is 2.58 bits per heavy atom. The molecule has 0 bridgehead atoms. The van der Waals surface area contributed by atoms with Crippen molar-refractivity contribution >= 4 is 41.9 Å². The van der Waals surface area contributed by atoms with Crippen LogP contribution in [0, 0.1) is 5.82 Å². The number of phosphoric acid groups is 1. The molecular formula is C23H20FN2O8PS. The minimum atomic E-state index is -4.70. The fraction of sp³-hybridized carbons (Fsp3) is 0.174. The molecule has 4 aromatic rings. The van der Waals surface area contributed by atoms with E-state index in [0.29, 0.717) is 23.1 Å². The molecule has 188 valence electrons. The molecule has 0 saturated heterocycles. The van der Waals surface area contributed by atoms with Gasteiger partial charge in [0.1, 0.15) is 18.2 Å². The van der Waals surface area contributed by atoms with Crippen molar-refractivity contribution in [3.05, 3.63) is 81.7 Å². The Morgan fingerprint density at radius 2 is 1.92 bits per heavy atom. The Morgan fingerprint density at radius 1 is 1.19 bits per heavy atom. The Balaban J connectivity index is 1.57. The first-order chi connectivity index (χ1) is 17.1. The fourth-order valence-electron chi connectivity index (χ4n) is 3.40. The van der Waals surface area contributed by atoms with E-state index in [0.717, 1.165) is 22.0 Å². The number of hydrogen-bond acceptors (Lipinski definition) is 8. The number of carbonyl (C=O) groups excluding carboxylic acids is 2. The number of carbonyl (C=O) groups is 2. The summed E-state index contributed by atoms with van der Waals surface area (Å²) >= 11 is 1.06. The van der Waals surface area contributed by atoms with Crippen molar-refractivity contribution in [3.63, 3.8) is 0 Å². The van der Waals surface area contributed by atoms with E-state index in [-0.39, 0.29) is 28.4 Å². The molecule has 0 spiro atoms. The van der Waals surface area contributed by atoms with E-state index in [9.17, 15) is 23.7 Å². The summed E-state index contributed by atoms with van der Waals surface area (Å²) in [4.78, 5) is 47.9. The molecule has 10 nitrogen and oxygen atoms in total. The summed E-state index contributed by atoms with van der Waals surface area (Å²) < 4.78 is 35.7. The third kappa shape index (κ3) is 5.69. The predicted molar refractivity (Wildman–Crippen MR) is 127 cm³/mol. The lowest BCUT2D eigenvalue weighted by molar-refractivity contribution is 0.103. The van der Waals surface area contributed by atoms with E-state index >= 15 is 0 Å². The molecule has 2 heterocycles. The van der Waals surface area contributed by atoms with Gasteiger partial charge < -0.3 is 14.4 Å². The van der Waals surface area contributed by atoms with Crippen LogP contribution in [0.15, 0.2) is 54.0 Å². The molecule has 0 aliphatic carbocycles. The van der Waals surface area contributed by atoms with Gasteiger partial charge in [0.25, 0.3) is 0 Å². The van der Waals surface area contributed by atoms with Gasteiger partial charge in [0.05, 0.1) is 22.9 Å². The number of rotatable bonds is 8. The summed E-state index contributed by atoms with van der Waals surface area (Å²) in [5, 5.41) is 12.0. The maximum Gasteiger partial charge on any atom is 0.524 e. The molecule has 0 amide bonds. The van der Waals surface area contributed by atoms with Crippen molar-refractivity contribution in [2.45, 2.75) is 26.1 Å². The summed E-state index contributed by atoms with van der Waals surface area (Å²) in [7, 11) is -4.70. The average molecular weight is 534 g/mol. The lowest BCUT2D eigenvalue weighted by Gasteiger charge is -2.09. The molecule has 4 rings (SSSR count). The minimum Gasteiger partial charge on any atom is -0.444 e. The van der Waals surface area contributed by atoms with Crippen LogP contribution in [-0.4, -0.2) is 36.3 Å². The van der Waals surface area contributed by atoms with Crippen LogP contribution in [0.2, 0.25) is 0 Å². The summed E-state index contributed by atoms with van der Waals surface area (Å²) in [6.45, 7) is 1.57. The van der Waals surface area contributed by atoms with Crippen LogP contribution < -0.4 is 4.52 Å². The van der Waals surface area contributed by atoms with Gasteiger partial charge in [-0.2, -0.15) is 0 Å². The normalized spacial score (nSPS) is 12.5. The van der Waals surface area contributed by atoms with Gasteiger partial charge in [-0.25, -0.2) is 18.7 Å². The summed E-state index contributed by atoms with van der Waals surface area (Å²) in [5.41, 5.74) is 1.11. The van der Waals surface area contributed by atoms with E-state index in [1.807, 2.05) is 0 Å². The fourth-order valence-corrected chi connectivity index (χ4v) is 4.61. The second kappa shape index (κ2) is 10.3. The van der Waals surface area contributed by atoms with Gasteiger partial charge in [-0.15, -0.1) is 11.3 Å². The zero-order chi connectivity index (χ0) is 26.0. The van der Waals surface area contributed by atoms with E-state index < -0.39 is 31.6 Å². The van der Waals surface area contributed by atoms with Crippen LogP contribution in [-0.2, 0) is 15.9 Å². The highest BCUT2D eigenvalue weighted by molar-refractivity contribution is 7.46. The summed E-state index contributed by atoms with van der Waals surface area (Å²) in [6, 6.07) is 9.17. The number of ether oxygens (including phenoxy) is 1. The molecular weight excluding hydrogens is 514 g/mol. The SMILES string of the molecule is CC[C@H](O)c1csc(C(=O)c2cn(C(=O)OCc3ccc(OP(=O)(O)O)cc3)c3cc(F)ccc23)n1. The van der Waals surface area contributed by atoms with Crippen molar-refractivity contribution < 1.29 is 42.7 Å². The van der Waals surface area contributed by atoms with Crippen LogP contribution >= 0.6 is 19.2 Å². The first-order valence-electron chi connectivity index (χ1n) is 10.6. The molecule has 0 aliphatic rings. The van der Waals surface area contributed by atoms with E-state index in [1.54, 1.807) is 12.3 Å². The number of thiazole rings is 1. The first-order valence-corrected chi connectivity index (χ1v) is 13.0. The maximum absolute atomic E-state index is 14.0. The highest BCUT2D eigenvalue weighted by atomic mass is 32.1. The van der Waals surface area contributed by atoms with Crippen LogP contribution in [0.3, 0.4) is 0 Å². The number of halogens is 1. The smallest absolute Gasteiger partial charge is 0.444 e. The van der Waals surface area contributed by atoms with Crippen molar-refractivity contribution in [3.8, 4) is 5.75 Å². The molecule has 0 unspecified atom stereocenters. The monoisotopic (exact) mass is 534 g/mol. The van der Waals surface area contributed by atoms with Gasteiger partial charge in [0, 0.05) is 17.0 Å². The van der Waals surface area contributed by atoms with E-state index in [2.05, 4.69) is 9.51 Å². The minimum absolute atomic E-state index is 0.0646. The van der Waals surface area contributed by atoms with E-state index in [4.69, 9.17) is 14.5 Å². The van der Waals surface area contributed by atoms with Crippen molar-refractivity contribution in [1.29, 1.82) is 0 Å². The molecule has 1 atom stereocenters. The third-order valence-electron chi connectivity index (χ3n) is 5.16. The second-order valence-electron chi connectivity index (χ2n) is 7.69. The van der Waals surface area contributed by atoms with E-state index in [1.165, 1.54) is 42.6 Å². The zero-order valence-electron chi connectivity index (χ0n) is 18.7. The number of hydrogen-bond donors (Lipinski definition) is 3. The number of aromatic nitrogens is 2. The van der Waals surface area contributed by atoms with Crippen molar-refractivity contribution in [2.24, 2.45) is 0 Å². The average Bonchev–Trinajstić information content (AvgIpc) is 3.47. The number of aliphatic hydroxyl groups excluding tert-OH is 1. The van der Waals surface area contributed by atoms with Crippen LogP contribution in [0.25, 0.3) is 10.9 Å². The van der Waals surface area contributed by atoms with Crippen molar-refractivity contribution in [1.82, 2.24) is 9.55 Å². The molecule has 0 aliphatic heterocycles. The number of benzene rings is 2. The second-order valence-corrected chi connectivity index (χ2v) is 9.71. The molecule has 2 aromatic carbocycles. The highest BCUT2D eigenvalue weighted by Gasteiger charge is 2.24. The van der Waals surface area contributed by atoms with Crippen LogP contribution in [0.4, 0.5) is 9.18 Å². The quantitative estimate of drug-likeness (QED) is 0.218. The number of aliphatic hydroxyl groups is 1. The van der Waals surface area contributed by atoms with Gasteiger partial charge in [0.2, 0.25) is 5.78 Å². The highest BCUT2D eigenvalue weighted by Crippen LogP contribution is 2.37. The van der Waals surface area contributed by atoms with Crippen molar-refractivity contribution in [2.75, 3.05) is 0 Å². The molecule has 0 saturated carbocycles. The Hall–Kier alpha value is -3.41. The molecule has 3 N–H and O–H groups in total. The van der Waals surface area contributed by atoms with Crippen LogP contribution in [0.5, 0.6) is 5.75 Å². The Bertz CT molecular complexity index is 1480. The standard InChI is InChI=1S/C23H20FN2O8PS/c1-2-20(27)18-12-36-22(25-18)21(28)17-10-26(19-9-14(24)5-8-16(17)19)23(29)33-11-13-3-6-15(7-4-13)34-35(30,31)32/h3-10,12,20,27H,2,11H2,1H3,(H2,30,31,32)/t20-/m0/s1. The topological polar surface area (TPSA) is 148 Å². The Labute approximate surface area is 207 Å². The number of phosphoric ester groups is 1. The molecule has 36 heavy (non-hydrogen) atoms. The largest absolute Gasteiger partial charge is 0.524 e. The lowest BCUT2D eigenvalue weighted by atomic mass is 10.1. The van der Waals surface area contributed by atoms with Crippen LogP contribution in [0.1, 0.15) is 46.1 Å². The third-order valence-corrected chi connectivity index (χ3v) is 6.47. The molecule has 0 fully saturated rings. The number of fused-ring (bicyclic) bond motifs is 1. The zero-order valence-corrected chi connectivity index (χ0v) is 20.4.